The van der Waals surface area contributed by atoms with E-state index in [1.54, 1.807) is 0 Å². The Hall–Kier alpha value is -1.59. The Bertz CT molecular complexity index is 569. The molecule has 0 aliphatic heterocycles. The van der Waals surface area contributed by atoms with Gasteiger partial charge < -0.3 is 10.1 Å². The number of hydrogen-bond acceptors (Lipinski definition) is 4. The third kappa shape index (κ3) is 4.51. The number of carbonyl (C=O) groups excluding carboxylic acids is 1. The molecule has 0 spiro atoms. The molecular formula is C14H15ClN2O2S. The number of anilines is 1. The van der Waals surface area contributed by atoms with Crippen LogP contribution in [0.2, 0.25) is 0 Å². The molecule has 0 saturated heterocycles. The highest BCUT2D eigenvalue weighted by Crippen LogP contribution is 2.17. The average Bonchev–Trinajstić information content (AvgIpc) is 2.88. The second kappa shape index (κ2) is 7.26. The number of halogens is 1. The molecule has 0 atom stereocenters. The Kier molecular flexibility index (Phi) is 5.38. The van der Waals surface area contributed by atoms with Crippen molar-refractivity contribution in [3.63, 3.8) is 0 Å². The van der Waals surface area contributed by atoms with Crippen molar-refractivity contribution in [3.05, 3.63) is 40.9 Å². The Morgan fingerprint density at radius 3 is 2.80 bits per heavy atom. The molecule has 0 saturated carbocycles. The lowest BCUT2D eigenvalue weighted by Crippen LogP contribution is -2.15. The maximum absolute atomic E-state index is 11.7. The van der Waals surface area contributed by atoms with Gasteiger partial charge in [0.2, 0.25) is 5.91 Å². The lowest BCUT2D eigenvalue weighted by atomic mass is 10.2. The summed E-state index contributed by atoms with van der Waals surface area (Å²) in [7, 11) is 0. The summed E-state index contributed by atoms with van der Waals surface area (Å²) in [6.45, 7) is 2.35. The van der Waals surface area contributed by atoms with Gasteiger partial charge in [0.05, 0.1) is 24.6 Å². The van der Waals surface area contributed by atoms with Crippen LogP contribution in [0.3, 0.4) is 0 Å². The zero-order valence-corrected chi connectivity index (χ0v) is 12.6. The van der Waals surface area contributed by atoms with E-state index < -0.39 is 0 Å². The average molecular weight is 311 g/mol. The summed E-state index contributed by atoms with van der Waals surface area (Å²) in [6, 6.07) is 7.72. The van der Waals surface area contributed by atoms with E-state index in [1.165, 1.54) is 16.9 Å². The first-order chi connectivity index (χ1) is 9.67. The van der Waals surface area contributed by atoms with E-state index >= 15 is 0 Å². The van der Waals surface area contributed by atoms with Gasteiger partial charge in [-0.25, -0.2) is 4.98 Å². The molecule has 0 aliphatic carbocycles. The van der Waals surface area contributed by atoms with Crippen LogP contribution in [-0.4, -0.2) is 17.5 Å². The molecule has 0 aliphatic rings. The summed E-state index contributed by atoms with van der Waals surface area (Å²) in [5.74, 6) is 0.998. The molecule has 1 aromatic carbocycles. The highest BCUT2D eigenvalue weighted by atomic mass is 35.5. The normalized spacial score (nSPS) is 10.3. The van der Waals surface area contributed by atoms with Crippen LogP contribution in [-0.2, 0) is 10.7 Å². The smallest absolute Gasteiger partial charge is 0.229 e. The lowest BCUT2D eigenvalue weighted by Gasteiger charge is -2.06. The Morgan fingerprint density at radius 2 is 2.15 bits per heavy atom. The first-order valence-corrected chi connectivity index (χ1v) is 7.58. The highest BCUT2D eigenvalue weighted by molar-refractivity contribution is 7.13. The molecule has 2 aromatic rings. The molecule has 0 fully saturated rings. The van der Waals surface area contributed by atoms with Gasteiger partial charge in [0.1, 0.15) is 5.75 Å². The molecule has 1 N–H and O–H groups in total. The van der Waals surface area contributed by atoms with E-state index in [0.29, 0.717) is 17.6 Å². The zero-order chi connectivity index (χ0) is 14.4. The van der Waals surface area contributed by atoms with Crippen molar-refractivity contribution in [1.82, 2.24) is 4.98 Å². The van der Waals surface area contributed by atoms with Gasteiger partial charge in [-0.1, -0.05) is 17.7 Å². The summed E-state index contributed by atoms with van der Waals surface area (Å²) in [5.41, 5.74) is 1.94. The van der Waals surface area contributed by atoms with E-state index in [9.17, 15) is 4.79 Å². The quantitative estimate of drug-likeness (QED) is 0.829. The minimum absolute atomic E-state index is 0.118. The monoisotopic (exact) mass is 310 g/mol. The van der Waals surface area contributed by atoms with E-state index in [2.05, 4.69) is 10.3 Å². The Labute approximate surface area is 126 Å². The second-order valence-electron chi connectivity index (χ2n) is 4.24. The number of nitrogens with one attached hydrogen (secondary N) is 1. The van der Waals surface area contributed by atoms with Crippen LogP contribution in [0.5, 0.6) is 5.75 Å². The van der Waals surface area contributed by atoms with Crippen molar-refractivity contribution in [1.29, 1.82) is 0 Å². The number of nitrogens with zero attached hydrogens (tertiary/aromatic N) is 1. The van der Waals surface area contributed by atoms with Crippen LogP contribution in [0.15, 0.2) is 29.6 Å². The van der Waals surface area contributed by atoms with E-state index in [4.69, 9.17) is 16.3 Å². The Morgan fingerprint density at radius 1 is 1.40 bits per heavy atom. The van der Waals surface area contributed by atoms with E-state index in [0.717, 1.165) is 11.4 Å². The summed E-state index contributed by atoms with van der Waals surface area (Å²) in [4.78, 5) is 15.9. The zero-order valence-electron chi connectivity index (χ0n) is 11.1. The molecule has 1 aromatic heterocycles. The standard InChI is InChI=1S/C14H15ClN2O2S/c1-10-2-4-12(5-3-10)19-7-6-13(18)17-14-16-11(8-15)9-20-14/h2-5,9H,6-8H2,1H3,(H,16,17,18). The number of alkyl halides is 1. The van der Waals surface area contributed by atoms with Gasteiger partial charge in [0.25, 0.3) is 0 Å². The van der Waals surface area contributed by atoms with Gasteiger partial charge in [-0.3, -0.25) is 4.79 Å². The second-order valence-corrected chi connectivity index (χ2v) is 5.36. The fourth-order valence-electron chi connectivity index (χ4n) is 1.50. The van der Waals surface area contributed by atoms with Gasteiger partial charge in [-0.2, -0.15) is 0 Å². The van der Waals surface area contributed by atoms with Crippen molar-refractivity contribution in [2.75, 3.05) is 11.9 Å². The molecule has 4 nitrogen and oxygen atoms in total. The number of amides is 1. The van der Waals surface area contributed by atoms with Gasteiger partial charge in [-0.15, -0.1) is 22.9 Å². The van der Waals surface area contributed by atoms with Crippen molar-refractivity contribution >= 4 is 34.0 Å². The number of thiazole rings is 1. The predicted octanol–water partition coefficient (Wildman–Crippen LogP) is 3.60. The highest BCUT2D eigenvalue weighted by Gasteiger charge is 2.06. The summed E-state index contributed by atoms with van der Waals surface area (Å²) in [5, 5.41) is 5.12. The van der Waals surface area contributed by atoms with Crippen LogP contribution < -0.4 is 10.1 Å². The van der Waals surface area contributed by atoms with Crippen molar-refractivity contribution < 1.29 is 9.53 Å². The van der Waals surface area contributed by atoms with Crippen molar-refractivity contribution in [2.24, 2.45) is 0 Å². The summed E-state index contributed by atoms with van der Waals surface area (Å²) >= 11 is 7.02. The number of ether oxygens (including phenoxy) is 1. The van der Waals surface area contributed by atoms with Crippen molar-refractivity contribution in [3.8, 4) is 5.75 Å². The van der Waals surface area contributed by atoms with Gasteiger partial charge in [0, 0.05) is 5.38 Å². The van der Waals surface area contributed by atoms with Crippen LogP contribution in [0.1, 0.15) is 17.7 Å². The number of aryl methyl sites for hydroxylation is 1. The van der Waals surface area contributed by atoms with Gasteiger partial charge in [0.15, 0.2) is 5.13 Å². The third-order valence-corrected chi connectivity index (χ3v) is 3.63. The topological polar surface area (TPSA) is 51.2 Å². The fourth-order valence-corrected chi connectivity index (χ4v) is 2.46. The van der Waals surface area contributed by atoms with Crippen molar-refractivity contribution in [2.45, 2.75) is 19.2 Å². The summed E-state index contributed by atoms with van der Waals surface area (Å²) in [6.07, 6.45) is 0.281. The van der Waals surface area contributed by atoms with E-state index in [1.807, 2.05) is 36.6 Å². The van der Waals surface area contributed by atoms with Gasteiger partial charge >= 0.3 is 0 Å². The maximum Gasteiger partial charge on any atom is 0.229 e. The molecule has 0 bridgehead atoms. The lowest BCUT2D eigenvalue weighted by molar-refractivity contribution is -0.116. The number of carbonyl (C=O) groups is 1. The van der Waals surface area contributed by atoms with E-state index in [-0.39, 0.29) is 12.3 Å². The molecular weight excluding hydrogens is 296 g/mol. The molecule has 1 amide bonds. The number of benzene rings is 1. The van der Waals surface area contributed by atoms with Crippen LogP contribution in [0.4, 0.5) is 5.13 Å². The van der Waals surface area contributed by atoms with Crippen LogP contribution >= 0.6 is 22.9 Å². The minimum atomic E-state index is -0.118. The molecule has 0 unspecified atom stereocenters. The maximum atomic E-state index is 11.7. The molecule has 2 rings (SSSR count). The molecule has 6 heteroatoms. The predicted molar refractivity (Wildman–Crippen MR) is 81.6 cm³/mol. The number of hydrogen-bond donors (Lipinski definition) is 1. The van der Waals surface area contributed by atoms with Crippen LogP contribution in [0, 0.1) is 6.92 Å². The summed E-state index contributed by atoms with van der Waals surface area (Å²) < 4.78 is 5.50. The first-order valence-electron chi connectivity index (χ1n) is 6.17. The minimum Gasteiger partial charge on any atom is -0.493 e. The fraction of sp³-hybridized carbons (Fsp3) is 0.286. The molecule has 0 radical (unpaired) electrons. The first kappa shape index (κ1) is 14.8. The molecule has 20 heavy (non-hydrogen) atoms. The largest absolute Gasteiger partial charge is 0.493 e. The third-order valence-electron chi connectivity index (χ3n) is 2.55. The number of rotatable bonds is 6. The molecule has 106 valence electrons. The van der Waals surface area contributed by atoms with Gasteiger partial charge in [-0.05, 0) is 19.1 Å². The molecule has 1 heterocycles. The SMILES string of the molecule is Cc1ccc(OCCC(=O)Nc2nc(CCl)cs2)cc1. The Balaban J connectivity index is 1.73. The van der Waals surface area contributed by atoms with Crippen LogP contribution in [0.25, 0.3) is 0 Å². The number of aromatic nitrogens is 1.